The zero-order chi connectivity index (χ0) is 14.4. The van der Waals surface area contributed by atoms with E-state index in [4.69, 9.17) is 23.2 Å². The SMILES string of the molecule is COC(=O)/C=C(\Nc1cc(Cl)cc(Cl)c1)C(=O)OC. The maximum absolute atomic E-state index is 11.5. The number of anilines is 1. The van der Waals surface area contributed by atoms with Crippen molar-refractivity contribution in [3.05, 3.63) is 40.0 Å². The molecule has 0 aliphatic rings. The van der Waals surface area contributed by atoms with E-state index in [9.17, 15) is 9.59 Å². The first-order valence-corrected chi connectivity index (χ1v) is 5.83. The Morgan fingerprint density at radius 3 is 2.16 bits per heavy atom. The molecule has 1 aromatic rings. The molecule has 19 heavy (non-hydrogen) atoms. The third kappa shape index (κ3) is 4.81. The molecular weight excluding hydrogens is 293 g/mol. The quantitative estimate of drug-likeness (QED) is 0.684. The Balaban J connectivity index is 3.04. The number of halogens is 2. The van der Waals surface area contributed by atoms with Crippen LogP contribution in [0.2, 0.25) is 10.0 Å². The van der Waals surface area contributed by atoms with Crippen LogP contribution in [0.5, 0.6) is 0 Å². The molecule has 0 bridgehead atoms. The number of hydrogen-bond acceptors (Lipinski definition) is 5. The highest BCUT2D eigenvalue weighted by molar-refractivity contribution is 6.35. The average Bonchev–Trinajstić information content (AvgIpc) is 2.35. The second-order valence-corrected chi connectivity index (χ2v) is 4.23. The van der Waals surface area contributed by atoms with Crippen LogP contribution in [-0.4, -0.2) is 26.2 Å². The van der Waals surface area contributed by atoms with Gasteiger partial charge in [-0.3, -0.25) is 0 Å². The Morgan fingerprint density at radius 1 is 1.11 bits per heavy atom. The van der Waals surface area contributed by atoms with Gasteiger partial charge in [-0.25, -0.2) is 9.59 Å². The van der Waals surface area contributed by atoms with Crippen LogP contribution < -0.4 is 5.32 Å². The van der Waals surface area contributed by atoms with E-state index in [2.05, 4.69) is 14.8 Å². The Labute approximate surface area is 120 Å². The second-order valence-electron chi connectivity index (χ2n) is 3.36. The van der Waals surface area contributed by atoms with Gasteiger partial charge in [0.25, 0.3) is 0 Å². The fourth-order valence-electron chi connectivity index (χ4n) is 1.21. The van der Waals surface area contributed by atoms with Crippen molar-refractivity contribution in [3.63, 3.8) is 0 Å². The number of carbonyl (C=O) groups is 2. The topological polar surface area (TPSA) is 64.6 Å². The number of ether oxygens (including phenoxy) is 2. The average molecular weight is 304 g/mol. The number of esters is 2. The van der Waals surface area contributed by atoms with E-state index < -0.39 is 11.9 Å². The van der Waals surface area contributed by atoms with E-state index in [1.807, 2.05) is 0 Å². The fourth-order valence-corrected chi connectivity index (χ4v) is 1.74. The number of rotatable bonds is 4. The van der Waals surface area contributed by atoms with Crippen LogP contribution in [0.3, 0.4) is 0 Å². The maximum atomic E-state index is 11.5. The second kappa shape index (κ2) is 7.01. The lowest BCUT2D eigenvalue weighted by atomic mass is 10.3. The first kappa shape index (κ1) is 15.3. The van der Waals surface area contributed by atoms with E-state index in [0.29, 0.717) is 15.7 Å². The molecule has 0 aromatic heterocycles. The molecule has 0 aliphatic heterocycles. The number of methoxy groups -OCH3 is 2. The molecule has 5 nitrogen and oxygen atoms in total. The summed E-state index contributed by atoms with van der Waals surface area (Å²) in [4.78, 5) is 22.7. The lowest BCUT2D eigenvalue weighted by Crippen LogP contribution is -2.15. The van der Waals surface area contributed by atoms with Gasteiger partial charge in [-0.05, 0) is 18.2 Å². The lowest BCUT2D eigenvalue weighted by molar-refractivity contribution is -0.138. The summed E-state index contributed by atoms with van der Waals surface area (Å²) in [6.07, 6.45) is 0.973. The summed E-state index contributed by atoms with van der Waals surface area (Å²) in [5.41, 5.74) is 0.353. The summed E-state index contributed by atoms with van der Waals surface area (Å²) in [6, 6.07) is 4.62. The van der Waals surface area contributed by atoms with Crippen LogP contribution in [0.15, 0.2) is 30.0 Å². The molecule has 0 unspecified atom stereocenters. The molecule has 102 valence electrons. The van der Waals surface area contributed by atoms with E-state index in [-0.39, 0.29) is 5.70 Å². The summed E-state index contributed by atoms with van der Waals surface area (Å²) in [7, 11) is 2.39. The summed E-state index contributed by atoms with van der Waals surface area (Å²) in [6.45, 7) is 0. The van der Waals surface area contributed by atoms with Gasteiger partial charge in [0.2, 0.25) is 0 Å². The molecule has 0 amide bonds. The molecule has 7 heteroatoms. The highest BCUT2D eigenvalue weighted by Gasteiger charge is 2.13. The number of benzene rings is 1. The Morgan fingerprint density at radius 2 is 1.68 bits per heavy atom. The molecule has 0 saturated carbocycles. The van der Waals surface area contributed by atoms with Crippen molar-refractivity contribution in [1.82, 2.24) is 0 Å². The van der Waals surface area contributed by atoms with Crippen LogP contribution in [0.1, 0.15) is 0 Å². The van der Waals surface area contributed by atoms with Gasteiger partial charge < -0.3 is 14.8 Å². The third-order valence-electron chi connectivity index (χ3n) is 2.01. The highest BCUT2D eigenvalue weighted by Crippen LogP contribution is 2.23. The van der Waals surface area contributed by atoms with Crippen molar-refractivity contribution in [3.8, 4) is 0 Å². The lowest BCUT2D eigenvalue weighted by Gasteiger charge is -2.09. The summed E-state index contributed by atoms with van der Waals surface area (Å²) < 4.78 is 8.99. The minimum atomic E-state index is -0.721. The van der Waals surface area contributed by atoms with E-state index in [0.717, 1.165) is 6.08 Å². The standard InChI is InChI=1S/C12H11Cl2NO4/c1-18-11(16)6-10(12(17)19-2)15-9-4-7(13)3-8(14)5-9/h3-6,15H,1-2H3/b10-6-. The van der Waals surface area contributed by atoms with Gasteiger partial charge in [0.05, 0.1) is 20.3 Å². The van der Waals surface area contributed by atoms with Crippen LogP contribution in [0.25, 0.3) is 0 Å². The van der Waals surface area contributed by atoms with Gasteiger partial charge in [-0.2, -0.15) is 0 Å². The van der Waals surface area contributed by atoms with Crippen molar-refractivity contribution in [1.29, 1.82) is 0 Å². The molecule has 0 fully saturated rings. The molecule has 0 spiro atoms. The Bertz CT molecular complexity index is 508. The largest absolute Gasteiger partial charge is 0.466 e. The van der Waals surface area contributed by atoms with E-state index >= 15 is 0 Å². The first-order valence-electron chi connectivity index (χ1n) is 5.07. The molecule has 1 N–H and O–H groups in total. The number of carbonyl (C=O) groups excluding carboxylic acids is 2. The van der Waals surface area contributed by atoms with Gasteiger partial charge in [0.1, 0.15) is 5.70 Å². The monoisotopic (exact) mass is 303 g/mol. The Hall–Kier alpha value is -1.72. The highest BCUT2D eigenvalue weighted by atomic mass is 35.5. The maximum Gasteiger partial charge on any atom is 0.354 e. The normalized spacial score (nSPS) is 10.8. The molecule has 1 aromatic carbocycles. The van der Waals surface area contributed by atoms with Gasteiger partial charge >= 0.3 is 11.9 Å². The minimum absolute atomic E-state index is 0.0901. The van der Waals surface area contributed by atoms with Gasteiger partial charge in [0, 0.05) is 15.7 Å². The smallest absolute Gasteiger partial charge is 0.354 e. The van der Waals surface area contributed by atoms with Crippen molar-refractivity contribution in [2.24, 2.45) is 0 Å². The van der Waals surface area contributed by atoms with Crippen LogP contribution in [0, 0.1) is 0 Å². The first-order chi connectivity index (χ1) is 8.96. The fraction of sp³-hybridized carbons (Fsp3) is 0.167. The molecule has 0 saturated heterocycles. The van der Waals surface area contributed by atoms with Crippen molar-refractivity contribution < 1.29 is 19.1 Å². The molecule has 1 rings (SSSR count). The van der Waals surface area contributed by atoms with Crippen LogP contribution in [-0.2, 0) is 19.1 Å². The summed E-state index contributed by atoms with van der Waals surface area (Å²) >= 11 is 11.7. The molecule has 0 atom stereocenters. The molecule has 0 radical (unpaired) electrons. The number of hydrogen-bond donors (Lipinski definition) is 1. The molecule has 0 aliphatic carbocycles. The number of nitrogens with one attached hydrogen (secondary N) is 1. The predicted octanol–water partition coefficient (Wildman–Crippen LogP) is 2.64. The Kier molecular flexibility index (Phi) is 5.66. The zero-order valence-electron chi connectivity index (χ0n) is 10.2. The minimum Gasteiger partial charge on any atom is -0.466 e. The molecule has 0 heterocycles. The van der Waals surface area contributed by atoms with Gasteiger partial charge in [-0.15, -0.1) is 0 Å². The van der Waals surface area contributed by atoms with Gasteiger partial charge in [-0.1, -0.05) is 23.2 Å². The summed E-state index contributed by atoms with van der Waals surface area (Å²) in [5.74, 6) is -1.41. The van der Waals surface area contributed by atoms with Crippen molar-refractivity contribution >= 4 is 40.8 Å². The van der Waals surface area contributed by atoms with Gasteiger partial charge in [0.15, 0.2) is 0 Å². The van der Waals surface area contributed by atoms with Crippen LogP contribution >= 0.6 is 23.2 Å². The zero-order valence-corrected chi connectivity index (χ0v) is 11.7. The third-order valence-corrected chi connectivity index (χ3v) is 2.45. The molecular formula is C12H11Cl2NO4. The summed E-state index contributed by atoms with van der Waals surface area (Å²) in [5, 5.41) is 3.47. The van der Waals surface area contributed by atoms with Crippen molar-refractivity contribution in [2.45, 2.75) is 0 Å². The van der Waals surface area contributed by atoms with E-state index in [1.165, 1.54) is 20.3 Å². The van der Waals surface area contributed by atoms with Crippen molar-refractivity contribution in [2.75, 3.05) is 19.5 Å². The predicted molar refractivity (Wildman–Crippen MR) is 72.2 cm³/mol. The van der Waals surface area contributed by atoms with E-state index in [1.54, 1.807) is 12.1 Å². The van der Waals surface area contributed by atoms with Crippen LogP contribution in [0.4, 0.5) is 5.69 Å².